The molecule has 1 aliphatic heterocycles. The van der Waals surface area contributed by atoms with Gasteiger partial charge in [0.25, 0.3) is 0 Å². The maximum Gasteiger partial charge on any atom is 0.242 e. The Morgan fingerprint density at radius 3 is 3.00 bits per heavy atom. The van der Waals surface area contributed by atoms with Crippen molar-refractivity contribution >= 4 is 17.7 Å². The van der Waals surface area contributed by atoms with Crippen molar-refractivity contribution in [3.8, 4) is 0 Å². The van der Waals surface area contributed by atoms with Crippen molar-refractivity contribution in [1.29, 1.82) is 0 Å². The summed E-state index contributed by atoms with van der Waals surface area (Å²) in [4.78, 5) is 22.9. The molecule has 0 bridgehead atoms. The molecule has 0 saturated carbocycles. The Balaban J connectivity index is 2.22. The van der Waals surface area contributed by atoms with Crippen LogP contribution in [-0.2, 0) is 4.79 Å². The molecule has 0 aromatic carbocycles. The molecule has 1 aliphatic rings. The Labute approximate surface area is 120 Å². The molecule has 1 fully saturated rings. The van der Waals surface area contributed by atoms with E-state index in [-0.39, 0.29) is 11.9 Å². The molecule has 110 valence electrons. The van der Waals surface area contributed by atoms with Gasteiger partial charge in [-0.05, 0) is 26.2 Å². The number of hydrogen-bond acceptors (Lipinski definition) is 5. The molecule has 0 spiro atoms. The first-order valence-corrected chi connectivity index (χ1v) is 7.23. The third-order valence-electron chi connectivity index (χ3n) is 3.47. The number of anilines is 2. The van der Waals surface area contributed by atoms with Crippen LogP contribution >= 0.6 is 0 Å². The number of rotatable bonds is 5. The smallest absolute Gasteiger partial charge is 0.242 e. The molecule has 1 amide bonds. The van der Waals surface area contributed by atoms with E-state index in [2.05, 4.69) is 32.4 Å². The zero-order valence-corrected chi connectivity index (χ0v) is 12.4. The number of nitrogens with zero attached hydrogens (tertiary/aromatic N) is 3. The van der Waals surface area contributed by atoms with E-state index < -0.39 is 0 Å². The van der Waals surface area contributed by atoms with Gasteiger partial charge in [0.15, 0.2) is 0 Å². The molecule has 2 rings (SSSR count). The topological polar surface area (TPSA) is 70.2 Å². The largest absolute Gasteiger partial charge is 0.357 e. The molecule has 2 heterocycles. The van der Waals surface area contributed by atoms with Crippen LogP contribution in [0.3, 0.4) is 0 Å². The number of carbonyl (C=O) groups is 1. The second-order valence-electron chi connectivity index (χ2n) is 5.08. The van der Waals surface area contributed by atoms with E-state index in [0.29, 0.717) is 5.95 Å². The van der Waals surface area contributed by atoms with Gasteiger partial charge in [0.2, 0.25) is 11.9 Å². The van der Waals surface area contributed by atoms with Crippen LogP contribution in [0.15, 0.2) is 6.07 Å². The summed E-state index contributed by atoms with van der Waals surface area (Å²) in [5.74, 6) is 1.54. The zero-order valence-electron chi connectivity index (χ0n) is 12.4. The van der Waals surface area contributed by atoms with Crippen LogP contribution in [0.5, 0.6) is 0 Å². The highest BCUT2D eigenvalue weighted by Crippen LogP contribution is 2.25. The predicted octanol–water partition coefficient (Wildman–Crippen LogP) is 1.32. The van der Waals surface area contributed by atoms with Gasteiger partial charge in [-0.15, -0.1) is 0 Å². The molecule has 20 heavy (non-hydrogen) atoms. The molecular weight excluding hydrogens is 254 g/mol. The summed E-state index contributed by atoms with van der Waals surface area (Å²) in [5.41, 5.74) is 0.913. The summed E-state index contributed by atoms with van der Waals surface area (Å²) in [6.07, 6.45) is 2.91. The minimum absolute atomic E-state index is 0.0573. The normalized spacial score (nSPS) is 18.1. The molecular formula is C14H23N5O. The fourth-order valence-electron chi connectivity index (χ4n) is 2.50. The lowest BCUT2D eigenvalue weighted by molar-refractivity contribution is -0.121. The van der Waals surface area contributed by atoms with Gasteiger partial charge in [0.1, 0.15) is 11.9 Å². The number of nitrogens with one attached hydrogen (secondary N) is 2. The lowest BCUT2D eigenvalue weighted by Gasteiger charge is -2.25. The van der Waals surface area contributed by atoms with Crippen molar-refractivity contribution in [2.24, 2.45) is 0 Å². The Kier molecular flexibility index (Phi) is 4.76. The van der Waals surface area contributed by atoms with Gasteiger partial charge in [0.05, 0.1) is 0 Å². The van der Waals surface area contributed by atoms with Crippen LogP contribution in [0.4, 0.5) is 11.8 Å². The molecule has 6 nitrogen and oxygen atoms in total. The van der Waals surface area contributed by atoms with Gasteiger partial charge in [-0.3, -0.25) is 4.79 Å². The molecule has 0 aliphatic carbocycles. The van der Waals surface area contributed by atoms with Crippen molar-refractivity contribution < 1.29 is 4.79 Å². The molecule has 6 heteroatoms. The van der Waals surface area contributed by atoms with Crippen molar-refractivity contribution in [3.05, 3.63) is 11.8 Å². The highest BCUT2D eigenvalue weighted by Gasteiger charge is 2.31. The average Bonchev–Trinajstić information content (AvgIpc) is 2.93. The highest BCUT2D eigenvalue weighted by atomic mass is 16.2. The maximum absolute atomic E-state index is 11.9. The Hall–Kier alpha value is -1.85. The molecule has 0 radical (unpaired) electrons. The number of likely N-dealkylation sites (N-methyl/N-ethyl adjacent to an activating group) is 1. The molecule has 1 aromatic heterocycles. The Morgan fingerprint density at radius 1 is 1.50 bits per heavy atom. The lowest BCUT2D eigenvalue weighted by atomic mass is 10.2. The van der Waals surface area contributed by atoms with Gasteiger partial charge in [0, 0.05) is 31.9 Å². The van der Waals surface area contributed by atoms with E-state index >= 15 is 0 Å². The zero-order chi connectivity index (χ0) is 14.5. The lowest BCUT2D eigenvalue weighted by Crippen LogP contribution is -2.42. The van der Waals surface area contributed by atoms with E-state index in [1.165, 1.54) is 0 Å². The summed E-state index contributed by atoms with van der Waals surface area (Å²) in [7, 11) is 1.68. The first kappa shape index (κ1) is 14.6. The SMILES string of the molecule is CCCNc1nc(C)cc(N2CCCC2C(=O)NC)n1. The number of aromatic nitrogens is 2. The predicted molar refractivity (Wildman–Crippen MR) is 80.0 cm³/mol. The molecule has 1 atom stereocenters. The monoisotopic (exact) mass is 277 g/mol. The number of carbonyl (C=O) groups excluding carboxylic acids is 1. The fraction of sp³-hybridized carbons (Fsp3) is 0.643. The maximum atomic E-state index is 11.9. The van der Waals surface area contributed by atoms with Crippen molar-refractivity contribution in [2.75, 3.05) is 30.4 Å². The third-order valence-corrected chi connectivity index (χ3v) is 3.47. The number of hydrogen-bond donors (Lipinski definition) is 2. The summed E-state index contributed by atoms with van der Waals surface area (Å²) in [5, 5.41) is 5.94. The minimum atomic E-state index is -0.117. The van der Waals surface area contributed by atoms with Gasteiger partial charge < -0.3 is 15.5 Å². The molecule has 1 saturated heterocycles. The van der Waals surface area contributed by atoms with Crippen molar-refractivity contribution in [3.63, 3.8) is 0 Å². The summed E-state index contributed by atoms with van der Waals surface area (Å²) >= 11 is 0. The molecule has 1 unspecified atom stereocenters. The van der Waals surface area contributed by atoms with Crippen LogP contribution in [0.1, 0.15) is 31.9 Å². The van der Waals surface area contributed by atoms with E-state index in [1.54, 1.807) is 7.05 Å². The van der Waals surface area contributed by atoms with E-state index in [4.69, 9.17) is 0 Å². The van der Waals surface area contributed by atoms with Gasteiger partial charge in [-0.2, -0.15) is 4.98 Å². The second kappa shape index (κ2) is 6.54. The molecule has 2 N–H and O–H groups in total. The first-order valence-electron chi connectivity index (χ1n) is 7.23. The minimum Gasteiger partial charge on any atom is -0.357 e. The quantitative estimate of drug-likeness (QED) is 0.849. The Morgan fingerprint density at radius 2 is 2.30 bits per heavy atom. The Bertz CT molecular complexity index is 477. The number of aryl methyl sites for hydroxylation is 1. The van der Waals surface area contributed by atoms with Crippen LogP contribution < -0.4 is 15.5 Å². The van der Waals surface area contributed by atoms with Gasteiger partial charge in [-0.1, -0.05) is 6.92 Å². The van der Waals surface area contributed by atoms with Crippen LogP contribution in [0.25, 0.3) is 0 Å². The van der Waals surface area contributed by atoms with Crippen LogP contribution in [0.2, 0.25) is 0 Å². The summed E-state index contributed by atoms with van der Waals surface area (Å²) < 4.78 is 0. The standard InChI is InChI=1S/C14H23N5O/c1-4-7-16-14-17-10(2)9-12(18-14)19-8-5-6-11(19)13(20)15-3/h9,11H,4-8H2,1-3H3,(H,15,20)(H,16,17,18). The summed E-state index contributed by atoms with van der Waals surface area (Å²) in [6, 6.07) is 1.83. The number of amides is 1. The van der Waals surface area contributed by atoms with Crippen molar-refractivity contribution in [1.82, 2.24) is 15.3 Å². The summed E-state index contributed by atoms with van der Waals surface area (Å²) in [6.45, 7) is 5.77. The van der Waals surface area contributed by atoms with Gasteiger partial charge in [-0.25, -0.2) is 4.98 Å². The van der Waals surface area contributed by atoms with E-state index in [9.17, 15) is 4.79 Å². The first-order chi connectivity index (χ1) is 9.65. The fourth-order valence-corrected chi connectivity index (χ4v) is 2.50. The van der Waals surface area contributed by atoms with Crippen LogP contribution in [-0.4, -0.2) is 42.1 Å². The van der Waals surface area contributed by atoms with Crippen LogP contribution in [0, 0.1) is 6.92 Å². The second-order valence-corrected chi connectivity index (χ2v) is 5.08. The highest BCUT2D eigenvalue weighted by molar-refractivity contribution is 5.85. The average molecular weight is 277 g/mol. The third kappa shape index (κ3) is 3.18. The van der Waals surface area contributed by atoms with E-state index in [0.717, 1.165) is 43.9 Å². The van der Waals surface area contributed by atoms with E-state index in [1.807, 2.05) is 13.0 Å². The molecule has 1 aromatic rings. The van der Waals surface area contributed by atoms with Gasteiger partial charge >= 0.3 is 0 Å². The van der Waals surface area contributed by atoms with Crippen molar-refractivity contribution in [2.45, 2.75) is 39.2 Å².